The van der Waals surface area contributed by atoms with Gasteiger partial charge in [0.15, 0.2) is 0 Å². The van der Waals surface area contributed by atoms with E-state index in [1.165, 1.54) is 36.5 Å². The molecule has 2 heterocycles. The number of anilines is 2. The molecule has 0 fully saturated rings. The van der Waals surface area contributed by atoms with Crippen LogP contribution < -0.4 is 10.9 Å². The number of aromatic amines is 1. The van der Waals surface area contributed by atoms with Gasteiger partial charge in [-0.15, -0.1) is 0 Å². The van der Waals surface area contributed by atoms with Gasteiger partial charge in [-0.05, 0) is 47.9 Å². The molecule has 0 atom stereocenters. The Morgan fingerprint density at radius 2 is 1.86 bits per heavy atom. The van der Waals surface area contributed by atoms with Crippen molar-refractivity contribution >= 4 is 28.0 Å². The fourth-order valence-corrected chi connectivity index (χ4v) is 2.91. The summed E-state index contributed by atoms with van der Waals surface area (Å²) in [6.07, 6.45) is 1.52. The number of nitro groups is 1. The lowest BCUT2D eigenvalue weighted by Crippen LogP contribution is -2.09. The zero-order valence-corrected chi connectivity index (χ0v) is 14.3. The van der Waals surface area contributed by atoms with Crippen LogP contribution in [0.3, 0.4) is 0 Å². The SMILES string of the molecule is O=c1[nH]ccc2cc(-c3ccc(F)cc3)nc(Nc3cccc([N+](=O)[O-])c3)c12. The van der Waals surface area contributed by atoms with Crippen molar-refractivity contribution in [2.24, 2.45) is 0 Å². The molecule has 0 radical (unpaired) electrons. The standard InChI is InChI=1S/C20H13FN4O3/c21-14-6-4-12(5-7-14)17-10-13-8-9-22-20(26)18(13)19(24-17)23-15-2-1-3-16(11-15)25(27)28/h1-11H,(H,22,26)(H,23,24). The fourth-order valence-electron chi connectivity index (χ4n) is 2.91. The number of halogens is 1. The van der Waals surface area contributed by atoms with E-state index in [1.807, 2.05) is 0 Å². The molecule has 0 aliphatic heterocycles. The van der Waals surface area contributed by atoms with Gasteiger partial charge in [0.05, 0.1) is 16.0 Å². The van der Waals surface area contributed by atoms with Crippen molar-refractivity contribution < 1.29 is 9.31 Å². The van der Waals surface area contributed by atoms with Crippen molar-refractivity contribution in [3.05, 3.63) is 93.1 Å². The normalized spacial score (nSPS) is 10.8. The van der Waals surface area contributed by atoms with Gasteiger partial charge >= 0.3 is 0 Å². The Morgan fingerprint density at radius 1 is 1.07 bits per heavy atom. The van der Waals surface area contributed by atoms with Gasteiger partial charge in [-0.25, -0.2) is 9.37 Å². The molecule has 2 N–H and O–H groups in total. The van der Waals surface area contributed by atoms with Gasteiger partial charge in [0, 0.05) is 29.6 Å². The number of non-ortho nitro benzene ring substituents is 1. The Morgan fingerprint density at radius 3 is 2.61 bits per heavy atom. The molecule has 8 heteroatoms. The summed E-state index contributed by atoms with van der Waals surface area (Å²) in [6, 6.07) is 15.2. The van der Waals surface area contributed by atoms with Crippen molar-refractivity contribution in [3.8, 4) is 11.3 Å². The molecular formula is C20H13FN4O3. The number of hydrogen-bond acceptors (Lipinski definition) is 5. The van der Waals surface area contributed by atoms with Crippen LogP contribution in [0.5, 0.6) is 0 Å². The summed E-state index contributed by atoms with van der Waals surface area (Å²) in [7, 11) is 0. The number of aromatic nitrogens is 2. The van der Waals surface area contributed by atoms with Gasteiger partial charge in [0.25, 0.3) is 11.2 Å². The maximum atomic E-state index is 13.2. The van der Waals surface area contributed by atoms with Gasteiger partial charge in [0.1, 0.15) is 11.6 Å². The molecule has 2 aromatic carbocycles. The molecule has 7 nitrogen and oxygen atoms in total. The Kier molecular flexibility index (Phi) is 4.29. The van der Waals surface area contributed by atoms with Gasteiger partial charge < -0.3 is 10.3 Å². The van der Waals surface area contributed by atoms with Crippen molar-refractivity contribution in [2.45, 2.75) is 0 Å². The fraction of sp³-hybridized carbons (Fsp3) is 0. The van der Waals surface area contributed by atoms with Crippen LogP contribution in [-0.2, 0) is 0 Å². The van der Waals surface area contributed by atoms with Gasteiger partial charge in [-0.1, -0.05) is 6.07 Å². The number of rotatable bonds is 4. The smallest absolute Gasteiger partial charge is 0.271 e. The van der Waals surface area contributed by atoms with Crippen LogP contribution in [-0.4, -0.2) is 14.9 Å². The van der Waals surface area contributed by atoms with Crippen molar-refractivity contribution in [3.63, 3.8) is 0 Å². The predicted octanol–water partition coefficient (Wildman–Crippen LogP) is 4.38. The molecule has 28 heavy (non-hydrogen) atoms. The highest BCUT2D eigenvalue weighted by atomic mass is 19.1. The highest BCUT2D eigenvalue weighted by Crippen LogP contribution is 2.28. The second-order valence-electron chi connectivity index (χ2n) is 6.07. The van der Waals surface area contributed by atoms with Crippen LogP contribution in [0.25, 0.3) is 22.0 Å². The molecule has 2 aromatic heterocycles. The van der Waals surface area contributed by atoms with Crippen LogP contribution in [0.15, 0.2) is 71.7 Å². The molecule has 0 saturated heterocycles. The maximum absolute atomic E-state index is 13.2. The number of nitrogens with one attached hydrogen (secondary N) is 2. The van der Waals surface area contributed by atoms with E-state index in [9.17, 15) is 19.3 Å². The summed E-state index contributed by atoms with van der Waals surface area (Å²) in [5, 5.41) is 15.0. The van der Waals surface area contributed by atoms with Gasteiger partial charge in [-0.2, -0.15) is 0 Å². The minimum atomic E-state index is -0.502. The predicted molar refractivity (Wildman–Crippen MR) is 104 cm³/mol. The minimum absolute atomic E-state index is 0.0853. The maximum Gasteiger partial charge on any atom is 0.271 e. The van der Waals surface area contributed by atoms with Crippen molar-refractivity contribution in [1.29, 1.82) is 0 Å². The third-order valence-electron chi connectivity index (χ3n) is 4.21. The number of H-pyrrole nitrogens is 1. The number of nitro benzene ring substituents is 1. The van der Waals surface area contributed by atoms with Crippen molar-refractivity contribution in [2.75, 3.05) is 5.32 Å². The molecule has 4 rings (SSSR count). The van der Waals surface area contributed by atoms with Crippen LogP contribution in [0.2, 0.25) is 0 Å². The zero-order valence-electron chi connectivity index (χ0n) is 14.3. The number of hydrogen-bond donors (Lipinski definition) is 2. The molecule has 0 spiro atoms. The molecule has 4 aromatic rings. The van der Waals surface area contributed by atoms with Crippen LogP contribution in [0.4, 0.5) is 21.6 Å². The van der Waals surface area contributed by atoms with E-state index in [0.717, 1.165) is 0 Å². The highest BCUT2D eigenvalue weighted by Gasteiger charge is 2.13. The number of nitrogens with zero attached hydrogens (tertiary/aromatic N) is 2. The second kappa shape index (κ2) is 6.92. The molecule has 0 bridgehead atoms. The Labute approximate surface area is 157 Å². The first-order chi connectivity index (χ1) is 13.5. The lowest BCUT2D eigenvalue weighted by atomic mass is 10.1. The number of fused-ring (bicyclic) bond motifs is 1. The van der Waals surface area contributed by atoms with E-state index in [2.05, 4.69) is 15.3 Å². The monoisotopic (exact) mass is 376 g/mol. The Balaban J connectivity index is 1.88. The zero-order chi connectivity index (χ0) is 19.7. The summed E-state index contributed by atoms with van der Waals surface area (Å²) in [4.78, 5) is 30.0. The summed E-state index contributed by atoms with van der Waals surface area (Å²) >= 11 is 0. The number of benzene rings is 2. The molecule has 0 unspecified atom stereocenters. The summed E-state index contributed by atoms with van der Waals surface area (Å²) in [5.41, 5.74) is 1.20. The topological polar surface area (TPSA) is 101 Å². The summed E-state index contributed by atoms with van der Waals surface area (Å²) < 4.78 is 13.2. The van der Waals surface area contributed by atoms with Crippen LogP contribution in [0.1, 0.15) is 0 Å². The van der Waals surface area contributed by atoms with E-state index in [1.54, 1.807) is 30.3 Å². The average molecular weight is 376 g/mol. The quantitative estimate of drug-likeness (QED) is 0.407. The van der Waals surface area contributed by atoms with E-state index < -0.39 is 4.92 Å². The largest absolute Gasteiger partial charge is 0.339 e. The molecule has 0 aliphatic carbocycles. The Bertz CT molecular complexity index is 1250. The first-order valence-corrected chi connectivity index (χ1v) is 8.31. The third kappa shape index (κ3) is 3.30. The summed E-state index contributed by atoms with van der Waals surface area (Å²) in [5.74, 6) is -0.116. The number of pyridine rings is 2. The van der Waals surface area contributed by atoms with Crippen LogP contribution >= 0.6 is 0 Å². The Hall–Kier alpha value is -4.07. The lowest BCUT2D eigenvalue weighted by molar-refractivity contribution is -0.384. The van der Waals surface area contributed by atoms with E-state index in [0.29, 0.717) is 27.7 Å². The first kappa shape index (κ1) is 17.3. The second-order valence-corrected chi connectivity index (χ2v) is 6.07. The highest BCUT2D eigenvalue weighted by molar-refractivity contribution is 5.95. The minimum Gasteiger partial charge on any atom is -0.339 e. The van der Waals surface area contributed by atoms with Crippen molar-refractivity contribution in [1.82, 2.24) is 9.97 Å². The average Bonchev–Trinajstić information content (AvgIpc) is 2.68. The van der Waals surface area contributed by atoms with Gasteiger partial charge in [0.2, 0.25) is 0 Å². The van der Waals surface area contributed by atoms with Gasteiger partial charge in [-0.3, -0.25) is 14.9 Å². The molecule has 0 aliphatic rings. The molecular weight excluding hydrogens is 363 g/mol. The molecule has 0 saturated carbocycles. The summed E-state index contributed by atoms with van der Waals surface area (Å²) in [6.45, 7) is 0. The molecule has 138 valence electrons. The van der Waals surface area contributed by atoms with E-state index >= 15 is 0 Å². The van der Waals surface area contributed by atoms with E-state index in [-0.39, 0.29) is 22.9 Å². The van der Waals surface area contributed by atoms with Crippen LogP contribution in [0, 0.1) is 15.9 Å². The first-order valence-electron chi connectivity index (χ1n) is 8.31. The molecule has 0 amide bonds. The van der Waals surface area contributed by atoms with E-state index in [4.69, 9.17) is 0 Å². The lowest BCUT2D eigenvalue weighted by Gasteiger charge is -2.11. The third-order valence-corrected chi connectivity index (χ3v) is 4.21.